The van der Waals surface area contributed by atoms with E-state index in [0.29, 0.717) is 5.78 Å². The summed E-state index contributed by atoms with van der Waals surface area (Å²) in [6.07, 6.45) is 2.05. The lowest BCUT2D eigenvalue weighted by Gasteiger charge is -2.48. The van der Waals surface area contributed by atoms with Gasteiger partial charge in [-0.15, -0.1) is 0 Å². The van der Waals surface area contributed by atoms with Crippen LogP contribution in [0.3, 0.4) is 0 Å². The molecule has 2 atom stereocenters. The summed E-state index contributed by atoms with van der Waals surface area (Å²) in [7, 11) is -1.53. The molecule has 1 aromatic carbocycles. The lowest BCUT2D eigenvalue weighted by molar-refractivity contribution is 0.0902. The molecule has 0 amide bonds. The van der Waals surface area contributed by atoms with Gasteiger partial charge in [0.1, 0.15) is 0 Å². The van der Waals surface area contributed by atoms with Crippen LogP contribution in [0.25, 0.3) is 0 Å². The highest BCUT2D eigenvalue weighted by atomic mass is 28.3. The van der Waals surface area contributed by atoms with E-state index < -0.39 is 8.07 Å². The molecule has 1 nitrogen and oxygen atoms in total. The van der Waals surface area contributed by atoms with Gasteiger partial charge in [0.2, 0.25) is 0 Å². The van der Waals surface area contributed by atoms with E-state index in [1.165, 1.54) is 16.7 Å². The van der Waals surface area contributed by atoms with Crippen LogP contribution in [0.1, 0.15) is 42.6 Å². The largest absolute Gasteiger partial charge is 0.294 e. The molecule has 0 aliphatic heterocycles. The van der Waals surface area contributed by atoms with Gasteiger partial charge >= 0.3 is 0 Å². The zero-order valence-electron chi connectivity index (χ0n) is 13.2. The van der Waals surface area contributed by atoms with Crippen LogP contribution in [-0.4, -0.2) is 13.9 Å². The number of rotatable bonds is 1. The van der Waals surface area contributed by atoms with Gasteiger partial charge in [-0.25, -0.2) is 0 Å². The lowest BCUT2D eigenvalue weighted by Crippen LogP contribution is -2.55. The molecule has 3 rings (SSSR count). The Balaban J connectivity index is 2.31. The summed E-state index contributed by atoms with van der Waals surface area (Å²) in [5, 5.41) is 0.115. The predicted molar refractivity (Wildman–Crippen MR) is 86.9 cm³/mol. The van der Waals surface area contributed by atoms with Crippen molar-refractivity contribution in [2.24, 2.45) is 5.92 Å². The SMILES string of the molecule is CC1=C(C)C[C@]2([Si](C)(C)C)c3ccccc3C(=O)[C@@H]2C1. The molecule has 0 aromatic heterocycles. The van der Waals surface area contributed by atoms with Gasteiger partial charge in [-0.1, -0.05) is 55.1 Å². The van der Waals surface area contributed by atoms with E-state index in [4.69, 9.17) is 0 Å². The van der Waals surface area contributed by atoms with Crippen molar-refractivity contribution in [2.45, 2.75) is 51.4 Å². The van der Waals surface area contributed by atoms with Gasteiger partial charge in [-0.2, -0.15) is 0 Å². The Labute approximate surface area is 123 Å². The van der Waals surface area contributed by atoms with E-state index >= 15 is 0 Å². The number of ketones is 1. The molecule has 0 heterocycles. The zero-order valence-corrected chi connectivity index (χ0v) is 14.2. The van der Waals surface area contributed by atoms with Crippen molar-refractivity contribution in [3.05, 3.63) is 46.5 Å². The topological polar surface area (TPSA) is 17.1 Å². The van der Waals surface area contributed by atoms with E-state index in [-0.39, 0.29) is 11.0 Å². The van der Waals surface area contributed by atoms with Gasteiger partial charge in [0, 0.05) is 16.5 Å². The minimum absolute atomic E-state index is 0.115. The van der Waals surface area contributed by atoms with E-state index in [0.717, 1.165) is 18.4 Å². The first-order valence-electron chi connectivity index (χ1n) is 7.58. The Morgan fingerprint density at radius 3 is 2.40 bits per heavy atom. The van der Waals surface area contributed by atoms with Crippen molar-refractivity contribution in [3.8, 4) is 0 Å². The second-order valence-corrected chi connectivity index (χ2v) is 13.0. The van der Waals surface area contributed by atoms with Crippen LogP contribution in [0.4, 0.5) is 0 Å². The molecule has 0 unspecified atom stereocenters. The molecule has 0 N–H and O–H groups in total. The van der Waals surface area contributed by atoms with Gasteiger partial charge in [0.05, 0.1) is 8.07 Å². The van der Waals surface area contributed by atoms with E-state index in [2.05, 4.69) is 45.6 Å². The van der Waals surface area contributed by atoms with Crippen LogP contribution in [-0.2, 0) is 5.04 Å². The number of carbonyl (C=O) groups is 1. The Morgan fingerprint density at radius 1 is 1.10 bits per heavy atom. The summed E-state index contributed by atoms with van der Waals surface area (Å²) in [6, 6.07) is 8.39. The van der Waals surface area contributed by atoms with E-state index in [1.54, 1.807) is 0 Å². The maximum absolute atomic E-state index is 12.9. The van der Waals surface area contributed by atoms with Crippen molar-refractivity contribution in [1.82, 2.24) is 0 Å². The monoisotopic (exact) mass is 284 g/mol. The molecule has 0 saturated carbocycles. The predicted octanol–water partition coefficient (Wildman–Crippen LogP) is 4.74. The van der Waals surface area contributed by atoms with Crippen LogP contribution in [0.2, 0.25) is 19.6 Å². The van der Waals surface area contributed by atoms with Crippen molar-refractivity contribution < 1.29 is 4.79 Å². The van der Waals surface area contributed by atoms with E-state index in [1.807, 2.05) is 12.1 Å². The fourth-order valence-corrected chi connectivity index (χ4v) is 7.51. The number of carbonyl (C=O) groups excluding carboxylic acids is 1. The minimum Gasteiger partial charge on any atom is -0.294 e. The Morgan fingerprint density at radius 2 is 1.75 bits per heavy atom. The smallest absolute Gasteiger partial charge is 0.167 e. The third-order valence-corrected chi connectivity index (χ3v) is 9.18. The highest BCUT2D eigenvalue weighted by Crippen LogP contribution is 2.57. The quantitative estimate of drug-likeness (QED) is 0.537. The van der Waals surface area contributed by atoms with Crippen LogP contribution in [0.15, 0.2) is 35.4 Å². The number of benzene rings is 1. The molecule has 0 bridgehead atoms. The first-order chi connectivity index (χ1) is 9.29. The molecule has 2 aliphatic rings. The average molecular weight is 284 g/mol. The van der Waals surface area contributed by atoms with Gasteiger partial charge < -0.3 is 0 Å². The second kappa shape index (κ2) is 4.17. The molecule has 0 saturated heterocycles. The normalized spacial score (nSPS) is 29.4. The van der Waals surface area contributed by atoms with Gasteiger partial charge in [-0.3, -0.25) is 4.79 Å². The first-order valence-corrected chi connectivity index (χ1v) is 11.1. The highest BCUT2D eigenvalue weighted by molar-refractivity contribution is 6.79. The molecular weight excluding hydrogens is 260 g/mol. The Hall–Kier alpha value is -1.15. The molecule has 20 heavy (non-hydrogen) atoms. The highest BCUT2D eigenvalue weighted by Gasteiger charge is 2.59. The molecule has 2 heteroatoms. The summed E-state index contributed by atoms with van der Waals surface area (Å²) in [4.78, 5) is 12.9. The molecule has 0 spiro atoms. The molecule has 106 valence electrons. The first kappa shape index (κ1) is 13.8. The third-order valence-electron chi connectivity index (χ3n) is 5.71. The Kier molecular flexibility index (Phi) is 2.88. The molecule has 0 radical (unpaired) electrons. The maximum Gasteiger partial charge on any atom is 0.167 e. The van der Waals surface area contributed by atoms with Crippen molar-refractivity contribution in [3.63, 3.8) is 0 Å². The summed E-state index contributed by atoms with van der Waals surface area (Å²) in [5.41, 5.74) is 5.29. The number of Topliss-reactive ketones (excluding diaryl/α,β-unsaturated/α-hetero) is 1. The third kappa shape index (κ3) is 1.57. The fourth-order valence-electron chi connectivity index (χ4n) is 4.41. The zero-order chi connectivity index (χ0) is 14.7. The van der Waals surface area contributed by atoms with Crippen LogP contribution in [0, 0.1) is 5.92 Å². The summed E-state index contributed by atoms with van der Waals surface area (Å²) < 4.78 is 0. The number of hydrogen-bond acceptors (Lipinski definition) is 1. The van der Waals surface area contributed by atoms with Gasteiger partial charge in [0.25, 0.3) is 0 Å². The minimum atomic E-state index is -1.53. The maximum atomic E-state index is 12.9. The van der Waals surface area contributed by atoms with Crippen molar-refractivity contribution in [2.75, 3.05) is 0 Å². The number of hydrogen-bond donors (Lipinski definition) is 0. The van der Waals surface area contributed by atoms with Gasteiger partial charge in [0.15, 0.2) is 5.78 Å². The second-order valence-electron chi connectivity index (χ2n) is 7.63. The molecule has 1 aromatic rings. The van der Waals surface area contributed by atoms with Crippen LogP contribution < -0.4 is 0 Å². The number of fused-ring (bicyclic) bond motifs is 3. The number of allylic oxidation sites excluding steroid dienone is 2. The molecular formula is C18H24OSi. The molecule has 0 fully saturated rings. The van der Waals surface area contributed by atoms with E-state index in [9.17, 15) is 4.79 Å². The van der Waals surface area contributed by atoms with Crippen molar-refractivity contribution >= 4 is 13.9 Å². The standard InChI is InChI=1S/C18H24OSi/c1-12-10-16-17(19)14-8-6-7-9-15(14)18(16,11-13(12)2)20(3,4)5/h6-9,16H,10-11H2,1-5H3/t16-,18-/m0/s1. The average Bonchev–Trinajstić information content (AvgIpc) is 2.62. The lowest BCUT2D eigenvalue weighted by atomic mass is 9.75. The Bertz CT molecular complexity index is 621. The van der Waals surface area contributed by atoms with Crippen LogP contribution in [0.5, 0.6) is 0 Å². The van der Waals surface area contributed by atoms with Gasteiger partial charge in [-0.05, 0) is 32.3 Å². The van der Waals surface area contributed by atoms with Crippen LogP contribution >= 0.6 is 0 Å². The fraction of sp³-hybridized carbons (Fsp3) is 0.500. The molecule has 2 aliphatic carbocycles. The summed E-state index contributed by atoms with van der Waals surface area (Å²) in [6.45, 7) is 11.8. The summed E-state index contributed by atoms with van der Waals surface area (Å²) >= 11 is 0. The summed E-state index contributed by atoms with van der Waals surface area (Å²) in [5.74, 6) is 0.588. The van der Waals surface area contributed by atoms with Crippen molar-refractivity contribution in [1.29, 1.82) is 0 Å².